The van der Waals surface area contributed by atoms with Crippen molar-refractivity contribution in [2.45, 2.75) is 90.9 Å². The Balaban J connectivity index is 2.26. The maximum absolute atomic E-state index is 12.5. The Labute approximate surface area is 174 Å². The van der Waals surface area contributed by atoms with Crippen LogP contribution in [0.25, 0.3) is 0 Å². The van der Waals surface area contributed by atoms with Gasteiger partial charge in [-0.3, -0.25) is 9.59 Å². The molecule has 29 heavy (non-hydrogen) atoms. The van der Waals surface area contributed by atoms with Crippen molar-refractivity contribution >= 4 is 18.0 Å². The molecule has 168 valence electrons. The maximum atomic E-state index is 12.5. The topological polar surface area (TPSA) is 111 Å². The highest BCUT2D eigenvalue weighted by molar-refractivity contribution is 5.81. The number of hydrogen-bond donors (Lipinski definition) is 2. The van der Waals surface area contributed by atoms with Crippen LogP contribution in [0.15, 0.2) is 0 Å². The first kappa shape index (κ1) is 25.2. The van der Waals surface area contributed by atoms with Gasteiger partial charge in [-0.05, 0) is 73.1 Å². The van der Waals surface area contributed by atoms with Crippen molar-refractivity contribution in [3.8, 4) is 0 Å². The minimum atomic E-state index is -0.585. The van der Waals surface area contributed by atoms with Crippen LogP contribution in [0.5, 0.6) is 0 Å². The number of amides is 2. The fourth-order valence-electron chi connectivity index (χ4n) is 3.16. The molecule has 1 atom stereocenters. The number of nitrogens with one attached hydrogen (secondary N) is 1. The lowest BCUT2D eigenvalue weighted by Crippen LogP contribution is -2.47. The van der Waals surface area contributed by atoms with E-state index >= 15 is 0 Å². The minimum Gasteiger partial charge on any atom is -0.460 e. The van der Waals surface area contributed by atoms with Crippen LogP contribution >= 0.6 is 0 Å². The number of rotatable bonds is 7. The number of ether oxygens (including phenoxy) is 2. The number of carbonyl (C=O) groups is 3. The van der Waals surface area contributed by atoms with Crippen molar-refractivity contribution in [3.63, 3.8) is 0 Å². The Morgan fingerprint density at radius 2 is 1.59 bits per heavy atom. The van der Waals surface area contributed by atoms with E-state index in [1.807, 2.05) is 20.8 Å². The first-order valence-electron chi connectivity index (χ1n) is 10.5. The third kappa shape index (κ3) is 11.1. The average Bonchev–Trinajstić information content (AvgIpc) is 2.55. The Morgan fingerprint density at radius 3 is 2.10 bits per heavy atom. The van der Waals surface area contributed by atoms with Gasteiger partial charge in [0.25, 0.3) is 0 Å². The predicted octanol–water partition coefficient (Wildman–Crippen LogP) is 2.59. The molecule has 1 fully saturated rings. The lowest BCUT2D eigenvalue weighted by atomic mass is 9.93. The minimum absolute atomic E-state index is 0.0713. The van der Waals surface area contributed by atoms with Gasteiger partial charge < -0.3 is 25.4 Å². The van der Waals surface area contributed by atoms with Crippen LogP contribution in [0.3, 0.4) is 0 Å². The number of nitrogens with zero attached hydrogens (tertiary/aromatic N) is 1. The molecule has 0 bridgehead atoms. The summed E-state index contributed by atoms with van der Waals surface area (Å²) in [6, 6.07) is -0.585. The highest BCUT2D eigenvalue weighted by Gasteiger charge is 2.28. The Morgan fingerprint density at radius 1 is 1.03 bits per heavy atom. The van der Waals surface area contributed by atoms with E-state index in [-0.39, 0.29) is 17.8 Å². The number of alkyl carbamates (subject to hydrolysis) is 1. The molecule has 0 unspecified atom stereocenters. The van der Waals surface area contributed by atoms with E-state index in [0.29, 0.717) is 38.9 Å². The van der Waals surface area contributed by atoms with Gasteiger partial charge in [0, 0.05) is 26.1 Å². The molecule has 8 nitrogen and oxygen atoms in total. The van der Waals surface area contributed by atoms with Gasteiger partial charge in [0.2, 0.25) is 5.91 Å². The molecular weight excluding hydrogens is 374 g/mol. The molecule has 3 N–H and O–H groups in total. The second-order valence-corrected chi connectivity index (χ2v) is 9.74. The summed E-state index contributed by atoms with van der Waals surface area (Å²) < 4.78 is 10.5. The number of nitrogens with two attached hydrogens (primary N) is 1. The Bertz CT molecular complexity index is 558. The van der Waals surface area contributed by atoms with Crippen molar-refractivity contribution in [1.29, 1.82) is 0 Å². The van der Waals surface area contributed by atoms with E-state index in [1.165, 1.54) is 0 Å². The zero-order valence-corrected chi connectivity index (χ0v) is 18.9. The van der Waals surface area contributed by atoms with Crippen LogP contribution in [0.1, 0.15) is 73.6 Å². The second kappa shape index (κ2) is 10.8. The predicted molar refractivity (Wildman–Crippen MR) is 111 cm³/mol. The summed E-state index contributed by atoms with van der Waals surface area (Å²) in [7, 11) is 0. The van der Waals surface area contributed by atoms with Gasteiger partial charge in [0.1, 0.15) is 11.2 Å². The Hall–Kier alpha value is -1.83. The standard InChI is InChI=1S/C21H39N3O5/c1-20(2,3)28-17(25)14-15-9-12-24(13-10-15)18(26)16(22)8-7-11-23-19(27)29-21(4,5)6/h15-16H,7-14,22H2,1-6H3,(H,23,27)/t16-/m1/s1. The molecule has 0 aromatic rings. The van der Waals surface area contributed by atoms with E-state index in [0.717, 1.165) is 12.8 Å². The first-order chi connectivity index (χ1) is 13.3. The maximum Gasteiger partial charge on any atom is 0.407 e. The van der Waals surface area contributed by atoms with Gasteiger partial charge in [-0.2, -0.15) is 0 Å². The van der Waals surface area contributed by atoms with Gasteiger partial charge in [-0.1, -0.05) is 0 Å². The summed E-state index contributed by atoms with van der Waals surface area (Å²) in [5.41, 5.74) is 5.03. The smallest absolute Gasteiger partial charge is 0.407 e. The summed E-state index contributed by atoms with van der Waals surface area (Å²) >= 11 is 0. The van der Waals surface area contributed by atoms with Crippen molar-refractivity contribution in [3.05, 3.63) is 0 Å². The van der Waals surface area contributed by atoms with E-state index in [9.17, 15) is 14.4 Å². The monoisotopic (exact) mass is 413 g/mol. The molecule has 0 saturated carbocycles. The van der Waals surface area contributed by atoms with Crippen LogP contribution in [0.4, 0.5) is 4.79 Å². The van der Waals surface area contributed by atoms with Crippen LogP contribution in [-0.2, 0) is 19.1 Å². The molecular formula is C21H39N3O5. The summed E-state index contributed by atoms with van der Waals surface area (Å²) in [4.78, 5) is 37.9. The summed E-state index contributed by atoms with van der Waals surface area (Å²) in [5, 5.41) is 2.67. The molecule has 1 rings (SSSR count). The van der Waals surface area contributed by atoms with E-state index in [4.69, 9.17) is 15.2 Å². The molecule has 0 spiro atoms. The molecule has 8 heteroatoms. The van der Waals surface area contributed by atoms with Gasteiger partial charge in [0.05, 0.1) is 6.04 Å². The third-order valence-corrected chi connectivity index (χ3v) is 4.48. The number of likely N-dealkylation sites (tertiary alicyclic amines) is 1. The summed E-state index contributed by atoms with van der Waals surface area (Å²) in [6.07, 6.45) is 2.56. The van der Waals surface area contributed by atoms with Crippen LogP contribution in [0.2, 0.25) is 0 Å². The molecule has 1 saturated heterocycles. The first-order valence-corrected chi connectivity index (χ1v) is 10.5. The fourth-order valence-corrected chi connectivity index (χ4v) is 3.16. The SMILES string of the molecule is CC(C)(C)OC(=O)CC1CCN(C(=O)[C@H](N)CCCNC(=O)OC(C)(C)C)CC1. The van der Waals surface area contributed by atoms with Gasteiger partial charge in [0.15, 0.2) is 0 Å². The quantitative estimate of drug-likeness (QED) is 0.490. The highest BCUT2D eigenvalue weighted by Crippen LogP contribution is 2.23. The third-order valence-electron chi connectivity index (χ3n) is 4.48. The largest absolute Gasteiger partial charge is 0.460 e. The second-order valence-electron chi connectivity index (χ2n) is 9.74. The lowest BCUT2D eigenvalue weighted by Gasteiger charge is -2.33. The molecule has 0 aliphatic carbocycles. The molecule has 0 aromatic heterocycles. The number of carbonyl (C=O) groups excluding carboxylic acids is 3. The van der Waals surface area contributed by atoms with Crippen LogP contribution in [0, 0.1) is 5.92 Å². The average molecular weight is 414 g/mol. The normalized spacial score (nSPS) is 16.9. The van der Waals surface area contributed by atoms with Crippen molar-refractivity contribution < 1.29 is 23.9 Å². The number of esters is 1. The van der Waals surface area contributed by atoms with E-state index in [2.05, 4.69) is 5.32 Å². The molecule has 1 heterocycles. The summed E-state index contributed by atoms with van der Waals surface area (Å²) in [6.45, 7) is 12.6. The van der Waals surface area contributed by atoms with Crippen molar-refractivity contribution in [2.24, 2.45) is 11.7 Å². The highest BCUT2D eigenvalue weighted by atomic mass is 16.6. The van der Waals surface area contributed by atoms with Crippen LogP contribution < -0.4 is 11.1 Å². The molecule has 1 aliphatic rings. The van der Waals surface area contributed by atoms with Gasteiger partial charge in [-0.15, -0.1) is 0 Å². The van der Waals surface area contributed by atoms with E-state index < -0.39 is 23.3 Å². The van der Waals surface area contributed by atoms with Gasteiger partial charge in [-0.25, -0.2) is 4.79 Å². The van der Waals surface area contributed by atoms with Crippen molar-refractivity contribution in [2.75, 3.05) is 19.6 Å². The van der Waals surface area contributed by atoms with Crippen molar-refractivity contribution in [1.82, 2.24) is 10.2 Å². The summed E-state index contributed by atoms with van der Waals surface area (Å²) in [5.74, 6) is -0.0161. The molecule has 1 aliphatic heterocycles. The van der Waals surface area contributed by atoms with Crippen LogP contribution in [-0.4, -0.2) is 59.7 Å². The van der Waals surface area contributed by atoms with E-state index in [1.54, 1.807) is 25.7 Å². The Kier molecular flexibility index (Phi) is 9.39. The lowest BCUT2D eigenvalue weighted by molar-refractivity contribution is -0.156. The molecule has 2 amide bonds. The number of hydrogen-bond acceptors (Lipinski definition) is 6. The fraction of sp³-hybridized carbons (Fsp3) is 0.857. The molecule has 0 aromatic carbocycles. The molecule has 0 radical (unpaired) electrons. The zero-order chi connectivity index (χ0) is 22.2. The van der Waals surface area contributed by atoms with Gasteiger partial charge >= 0.3 is 12.1 Å². The zero-order valence-electron chi connectivity index (χ0n) is 18.9. The number of piperidine rings is 1.